The Morgan fingerprint density at radius 1 is 1.55 bits per heavy atom. The maximum atomic E-state index is 8.98. The Morgan fingerprint density at radius 2 is 2.18 bits per heavy atom. The summed E-state index contributed by atoms with van der Waals surface area (Å²) in [4.78, 5) is 5.05. The van der Waals surface area contributed by atoms with E-state index in [0.29, 0.717) is 0 Å². The van der Waals surface area contributed by atoms with Gasteiger partial charge < -0.3 is 5.11 Å². The fourth-order valence-electron chi connectivity index (χ4n) is 0.651. The van der Waals surface area contributed by atoms with Crippen LogP contribution < -0.4 is 0 Å². The number of nitrogens with zero attached hydrogens (tertiary/aromatic N) is 1. The Morgan fingerprint density at radius 3 is 2.73 bits per heavy atom. The van der Waals surface area contributed by atoms with Crippen LogP contribution in [0.15, 0.2) is 29.4 Å². The predicted octanol–water partition coefficient (Wildman–Crippen LogP) is 1.55. The molecule has 1 N–H and O–H groups in total. The van der Waals surface area contributed by atoms with Gasteiger partial charge in [0, 0.05) is 23.0 Å². The van der Waals surface area contributed by atoms with Gasteiger partial charge in [-0.25, -0.2) is 0 Å². The highest BCUT2D eigenvalue weighted by Gasteiger charge is 1.96. The van der Waals surface area contributed by atoms with E-state index >= 15 is 0 Å². The van der Waals surface area contributed by atoms with Gasteiger partial charge in [-0.05, 0) is 19.1 Å². The maximum Gasteiger partial charge on any atom is 0.0606 e. The third-order valence-corrected chi connectivity index (χ3v) is 2.40. The molecule has 11 heavy (non-hydrogen) atoms. The highest BCUT2D eigenvalue weighted by Crippen LogP contribution is 2.16. The van der Waals surface area contributed by atoms with Crippen LogP contribution in [-0.2, 0) is 0 Å². The Kier molecular flexibility index (Phi) is 3.39. The van der Waals surface area contributed by atoms with Gasteiger partial charge in [-0.1, -0.05) is 0 Å². The van der Waals surface area contributed by atoms with Gasteiger partial charge in [0.2, 0.25) is 0 Å². The van der Waals surface area contributed by atoms with Crippen molar-refractivity contribution in [2.45, 2.75) is 17.9 Å². The van der Waals surface area contributed by atoms with Gasteiger partial charge in [-0.2, -0.15) is 0 Å². The summed E-state index contributed by atoms with van der Waals surface area (Å²) >= 11 is 1.64. The fraction of sp³-hybridized carbons (Fsp3) is 0.375. The Labute approximate surface area is 70.7 Å². The van der Waals surface area contributed by atoms with Crippen molar-refractivity contribution in [2.75, 3.05) is 5.75 Å². The fourth-order valence-corrected chi connectivity index (χ4v) is 1.40. The zero-order valence-corrected chi connectivity index (χ0v) is 7.21. The number of aromatic nitrogens is 1. The van der Waals surface area contributed by atoms with Crippen LogP contribution in [0.5, 0.6) is 0 Å². The Balaban J connectivity index is 2.39. The summed E-state index contributed by atoms with van der Waals surface area (Å²) in [6.07, 6.45) is 3.27. The summed E-state index contributed by atoms with van der Waals surface area (Å²) in [5.74, 6) is 0.740. The number of pyridine rings is 1. The van der Waals surface area contributed by atoms with Crippen LogP contribution in [0.25, 0.3) is 0 Å². The van der Waals surface area contributed by atoms with Crippen LogP contribution in [0, 0.1) is 0 Å². The molecule has 0 saturated heterocycles. The SMILES string of the molecule is CC(O)CSc1ccncc1. The van der Waals surface area contributed by atoms with Crippen LogP contribution in [0.3, 0.4) is 0 Å². The van der Waals surface area contributed by atoms with E-state index in [4.69, 9.17) is 5.11 Å². The monoisotopic (exact) mass is 169 g/mol. The van der Waals surface area contributed by atoms with Crippen LogP contribution in [0.4, 0.5) is 0 Å². The van der Waals surface area contributed by atoms with E-state index in [1.54, 1.807) is 31.1 Å². The van der Waals surface area contributed by atoms with Crippen LogP contribution in [-0.4, -0.2) is 21.9 Å². The zero-order valence-electron chi connectivity index (χ0n) is 6.40. The molecule has 1 aromatic heterocycles. The minimum Gasteiger partial charge on any atom is -0.393 e. The van der Waals surface area contributed by atoms with Gasteiger partial charge in [-0.3, -0.25) is 4.98 Å². The molecule has 0 aliphatic heterocycles. The van der Waals surface area contributed by atoms with Crippen molar-refractivity contribution in [1.29, 1.82) is 0 Å². The first kappa shape index (κ1) is 8.56. The molecule has 0 aliphatic carbocycles. The smallest absolute Gasteiger partial charge is 0.0606 e. The second-order valence-electron chi connectivity index (χ2n) is 2.34. The third-order valence-electron chi connectivity index (χ3n) is 1.14. The summed E-state index contributed by atoms with van der Waals surface area (Å²) < 4.78 is 0. The predicted molar refractivity (Wildman–Crippen MR) is 46.6 cm³/mol. The number of rotatable bonds is 3. The van der Waals surface area contributed by atoms with Crippen molar-refractivity contribution in [1.82, 2.24) is 4.98 Å². The van der Waals surface area contributed by atoms with E-state index in [1.165, 1.54) is 0 Å². The number of hydrogen-bond acceptors (Lipinski definition) is 3. The molecule has 0 bridgehead atoms. The molecule has 1 heterocycles. The van der Waals surface area contributed by atoms with Crippen molar-refractivity contribution in [3.8, 4) is 0 Å². The summed E-state index contributed by atoms with van der Waals surface area (Å²) in [5.41, 5.74) is 0. The molecule has 1 atom stereocenters. The topological polar surface area (TPSA) is 33.1 Å². The summed E-state index contributed by atoms with van der Waals surface area (Å²) in [6, 6.07) is 3.88. The van der Waals surface area contributed by atoms with Gasteiger partial charge in [-0.15, -0.1) is 11.8 Å². The summed E-state index contributed by atoms with van der Waals surface area (Å²) in [5, 5.41) is 8.98. The van der Waals surface area contributed by atoms with Gasteiger partial charge in [0.15, 0.2) is 0 Å². The van der Waals surface area contributed by atoms with Gasteiger partial charge >= 0.3 is 0 Å². The molecular formula is C8H11NOS. The van der Waals surface area contributed by atoms with E-state index in [-0.39, 0.29) is 6.10 Å². The largest absolute Gasteiger partial charge is 0.393 e. The quantitative estimate of drug-likeness (QED) is 0.697. The number of hydrogen-bond donors (Lipinski definition) is 1. The lowest BCUT2D eigenvalue weighted by atomic mass is 10.5. The van der Waals surface area contributed by atoms with E-state index in [1.807, 2.05) is 12.1 Å². The van der Waals surface area contributed by atoms with Crippen molar-refractivity contribution < 1.29 is 5.11 Å². The normalized spacial score (nSPS) is 12.9. The van der Waals surface area contributed by atoms with E-state index in [9.17, 15) is 0 Å². The van der Waals surface area contributed by atoms with Crippen molar-refractivity contribution >= 4 is 11.8 Å². The number of aliphatic hydroxyl groups excluding tert-OH is 1. The third kappa shape index (κ3) is 3.39. The lowest BCUT2D eigenvalue weighted by molar-refractivity contribution is 0.220. The van der Waals surface area contributed by atoms with Crippen LogP contribution in [0.2, 0.25) is 0 Å². The molecule has 0 amide bonds. The van der Waals surface area contributed by atoms with Gasteiger partial charge in [0.05, 0.1) is 6.10 Å². The molecule has 1 aromatic rings. The molecular weight excluding hydrogens is 158 g/mol. The van der Waals surface area contributed by atoms with Crippen molar-refractivity contribution in [3.05, 3.63) is 24.5 Å². The molecule has 0 fully saturated rings. The van der Waals surface area contributed by atoms with Crippen molar-refractivity contribution in [2.24, 2.45) is 0 Å². The highest BCUT2D eigenvalue weighted by molar-refractivity contribution is 7.99. The molecule has 0 radical (unpaired) electrons. The molecule has 0 aliphatic rings. The minimum atomic E-state index is -0.242. The second kappa shape index (κ2) is 4.36. The standard InChI is InChI=1S/C8H11NOS/c1-7(10)6-11-8-2-4-9-5-3-8/h2-5,7,10H,6H2,1H3. The molecule has 60 valence electrons. The molecule has 2 nitrogen and oxygen atoms in total. The van der Waals surface area contributed by atoms with Gasteiger partial charge in [0.25, 0.3) is 0 Å². The first-order valence-electron chi connectivity index (χ1n) is 3.50. The molecule has 0 spiro atoms. The average Bonchev–Trinajstić information content (AvgIpc) is 2.03. The Hall–Kier alpha value is -0.540. The summed E-state index contributed by atoms with van der Waals surface area (Å²) in [6.45, 7) is 1.79. The van der Waals surface area contributed by atoms with Crippen LogP contribution >= 0.6 is 11.8 Å². The maximum absolute atomic E-state index is 8.98. The highest BCUT2D eigenvalue weighted by atomic mass is 32.2. The molecule has 1 rings (SSSR count). The minimum absolute atomic E-state index is 0.242. The molecule has 0 saturated carbocycles. The van der Waals surface area contributed by atoms with E-state index in [2.05, 4.69) is 4.98 Å². The number of aliphatic hydroxyl groups is 1. The van der Waals surface area contributed by atoms with Gasteiger partial charge in [0.1, 0.15) is 0 Å². The second-order valence-corrected chi connectivity index (χ2v) is 3.44. The molecule has 3 heteroatoms. The lowest BCUT2D eigenvalue weighted by Crippen LogP contribution is -2.01. The first-order valence-corrected chi connectivity index (χ1v) is 4.48. The average molecular weight is 169 g/mol. The molecule has 1 unspecified atom stereocenters. The van der Waals surface area contributed by atoms with Crippen LogP contribution in [0.1, 0.15) is 6.92 Å². The molecule has 0 aromatic carbocycles. The van der Waals surface area contributed by atoms with E-state index < -0.39 is 0 Å². The Bertz CT molecular complexity index is 201. The number of thioether (sulfide) groups is 1. The van der Waals surface area contributed by atoms with Crippen molar-refractivity contribution in [3.63, 3.8) is 0 Å². The first-order chi connectivity index (χ1) is 5.29. The lowest BCUT2D eigenvalue weighted by Gasteiger charge is -2.02. The summed E-state index contributed by atoms with van der Waals surface area (Å²) in [7, 11) is 0. The van der Waals surface area contributed by atoms with E-state index in [0.717, 1.165) is 10.6 Å². The zero-order chi connectivity index (χ0) is 8.10.